The Kier molecular flexibility index (Phi) is 6.11. The number of carbonyl (C=O) groups is 1. The largest absolute Gasteiger partial charge is 0.495 e. The molecule has 1 amide bonds. The Morgan fingerprint density at radius 2 is 1.79 bits per heavy atom. The number of methoxy groups -OCH3 is 1. The summed E-state index contributed by atoms with van der Waals surface area (Å²) in [6.45, 7) is 3.92. The first-order chi connectivity index (χ1) is 13.5. The molecule has 0 aliphatic rings. The molecule has 2 N–H and O–H groups in total. The van der Waals surface area contributed by atoms with E-state index in [1.165, 1.54) is 12.7 Å². The second-order valence-corrected chi connectivity index (χ2v) is 6.60. The van der Waals surface area contributed by atoms with Gasteiger partial charge in [-0.15, -0.1) is 0 Å². The lowest BCUT2D eigenvalue weighted by Crippen LogP contribution is -2.15. The summed E-state index contributed by atoms with van der Waals surface area (Å²) < 4.78 is 5.12. The number of rotatable bonds is 6. The first kappa shape index (κ1) is 19.6. The van der Waals surface area contributed by atoms with Crippen molar-refractivity contribution in [1.29, 1.82) is 0 Å². The van der Waals surface area contributed by atoms with Crippen LogP contribution in [0, 0.1) is 6.92 Å². The number of nitrogens with one attached hydrogen (secondary N) is 2. The number of aryl methyl sites for hydroxylation is 2. The minimum absolute atomic E-state index is 0.257. The number of carbonyl (C=O) groups excluding carboxylic acids is 1. The smallest absolute Gasteiger partial charge is 0.274 e. The van der Waals surface area contributed by atoms with Crippen LogP contribution in [-0.4, -0.2) is 23.0 Å². The highest BCUT2D eigenvalue weighted by atomic mass is 35.5. The molecule has 1 aromatic heterocycles. The third-order valence-electron chi connectivity index (χ3n) is 4.11. The van der Waals surface area contributed by atoms with Crippen molar-refractivity contribution in [2.24, 2.45) is 0 Å². The molecule has 0 radical (unpaired) electrons. The Labute approximate surface area is 168 Å². The van der Waals surface area contributed by atoms with Gasteiger partial charge in [0.25, 0.3) is 5.91 Å². The van der Waals surface area contributed by atoms with Crippen LogP contribution in [-0.2, 0) is 6.42 Å². The van der Waals surface area contributed by atoms with Crippen molar-refractivity contribution in [3.05, 3.63) is 70.5 Å². The van der Waals surface area contributed by atoms with Crippen LogP contribution in [0.3, 0.4) is 0 Å². The fourth-order valence-electron chi connectivity index (χ4n) is 2.63. The fraction of sp³-hybridized carbons (Fsp3) is 0.190. The molecule has 0 unspecified atom stereocenters. The van der Waals surface area contributed by atoms with Crippen LogP contribution in [0.2, 0.25) is 5.02 Å². The Hall–Kier alpha value is -3.12. The third kappa shape index (κ3) is 4.78. The number of hydrogen-bond acceptors (Lipinski definition) is 5. The van der Waals surface area contributed by atoms with Crippen LogP contribution < -0.4 is 15.4 Å². The minimum Gasteiger partial charge on any atom is -0.495 e. The molecule has 7 heteroatoms. The van der Waals surface area contributed by atoms with E-state index >= 15 is 0 Å². The molecule has 0 aliphatic heterocycles. The van der Waals surface area contributed by atoms with E-state index in [0.717, 1.165) is 12.1 Å². The average molecular weight is 397 g/mol. The first-order valence-corrected chi connectivity index (χ1v) is 9.23. The van der Waals surface area contributed by atoms with E-state index in [1.54, 1.807) is 24.3 Å². The van der Waals surface area contributed by atoms with Gasteiger partial charge in [0.2, 0.25) is 5.95 Å². The summed E-state index contributed by atoms with van der Waals surface area (Å²) in [5, 5.41) is 6.34. The van der Waals surface area contributed by atoms with E-state index in [2.05, 4.69) is 27.5 Å². The van der Waals surface area contributed by atoms with Crippen molar-refractivity contribution < 1.29 is 9.53 Å². The molecule has 3 rings (SSSR count). The second-order valence-electron chi connectivity index (χ2n) is 6.20. The summed E-state index contributed by atoms with van der Waals surface area (Å²) in [5.41, 5.74) is 3.59. The maximum absolute atomic E-state index is 12.6. The lowest BCUT2D eigenvalue weighted by atomic mass is 10.1. The summed E-state index contributed by atoms with van der Waals surface area (Å²) in [5.74, 6) is 0.552. The summed E-state index contributed by atoms with van der Waals surface area (Å²) in [6, 6.07) is 14.7. The van der Waals surface area contributed by atoms with Gasteiger partial charge in [-0.25, -0.2) is 9.97 Å². The van der Waals surface area contributed by atoms with E-state index < -0.39 is 0 Å². The van der Waals surface area contributed by atoms with Gasteiger partial charge in [0, 0.05) is 17.1 Å². The molecule has 0 atom stereocenters. The quantitative estimate of drug-likeness (QED) is 0.612. The molecule has 0 fully saturated rings. The molecular weight excluding hydrogens is 376 g/mol. The number of anilines is 3. The lowest BCUT2D eigenvalue weighted by Gasteiger charge is -2.10. The number of nitrogens with zero attached hydrogens (tertiary/aromatic N) is 2. The average Bonchev–Trinajstić information content (AvgIpc) is 2.68. The molecule has 6 nitrogen and oxygen atoms in total. The highest BCUT2D eigenvalue weighted by Crippen LogP contribution is 2.27. The van der Waals surface area contributed by atoms with Crippen molar-refractivity contribution >= 4 is 34.8 Å². The van der Waals surface area contributed by atoms with Gasteiger partial charge >= 0.3 is 0 Å². The summed E-state index contributed by atoms with van der Waals surface area (Å²) in [6.07, 6.45) is 0.973. The lowest BCUT2D eigenvalue weighted by molar-refractivity contribution is 0.102. The van der Waals surface area contributed by atoms with Gasteiger partial charge in [0.1, 0.15) is 11.4 Å². The maximum atomic E-state index is 12.6. The van der Waals surface area contributed by atoms with Gasteiger partial charge < -0.3 is 15.4 Å². The molecule has 1 heterocycles. The molecule has 0 bridgehead atoms. The van der Waals surface area contributed by atoms with E-state index in [1.807, 2.05) is 31.2 Å². The van der Waals surface area contributed by atoms with Gasteiger partial charge in [-0.3, -0.25) is 4.79 Å². The van der Waals surface area contributed by atoms with E-state index in [0.29, 0.717) is 28.1 Å². The molecule has 0 saturated heterocycles. The number of halogens is 1. The van der Waals surface area contributed by atoms with E-state index in [-0.39, 0.29) is 11.6 Å². The number of ether oxygens (including phenoxy) is 1. The highest BCUT2D eigenvalue weighted by Gasteiger charge is 2.12. The van der Waals surface area contributed by atoms with E-state index in [4.69, 9.17) is 16.3 Å². The summed E-state index contributed by atoms with van der Waals surface area (Å²) in [4.78, 5) is 21.3. The topological polar surface area (TPSA) is 76.1 Å². The first-order valence-electron chi connectivity index (χ1n) is 8.85. The van der Waals surface area contributed by atoms with Gasteiger partial charge in [0.15, 0.2) is 0 Å². The van der Waals surface area contributed by atoms with Crippen LogP contribution >= 0.6 is 11.6 Å². The molecule has 0 aliphatic carbocycles. The second kappa shape index (κ2) is 8.71. The number of aromatic nitrogens is 2. The molecule has 28 heavy (non-hydrogen) atoms. The number of hydrogen-bond donors (Lipinski definition) is 2. The highest BCUT2D eigenvalue weighted by molar-refractivity contribution is 6.32. The Bertz CT molecular complexity index is 990. The van der Waals surface area contributed by atoms with Gasteiger partial charge in [-0.05, 0) is 55.3 Å². The van der Waals surface area contributed by atoms with Crippen LogP contribution in [0.15, 0.2) is 48.5 Å². The van der Waals surface area contributed by atoms with Crippen molar-refractivity contribution in [3.8, 4) is 5.75 Å². The van der Waals surface area contributed by atoms with Gasteiger partial charge in [-0.1, -0.05) is 30.7 Å². The summed E-state index contributed by atoms with van der Waals surface area (Å²) >= 11 is 6.11. The zero-order valence-electron chi connectivity index (χ0n) is 15.9. The van der Waals surface area contributed by atoms with Crippen molar-refractivity contribution in [2.75, 3.05) is 17.7 Å². The monoisotopic (exact) mass is 396 g/mol. The molecular formula is C21H21ClN4O2. The van der Waals surface area contributed by atoms with Crippen molar-refractivity contribution in [2.45, 2.75) is 20.3 Å². The third-order valence-corrected chi connectivity index (χ3v) is 4.41. The minimum atomic E-state index is -0.351. The maximum Gasteiger partial charge on any atom is 0.274 e. The van der Waals surface area contributed by atoms with Crippen LogP contribution in [0.25, 0.3) is 0 Å². The SMILES string of the molecule is CCc1ccc(Nc2nc(C)cc(C(=O)Nc3ccc(OC)c(Cl)c3)n2)cc1. The number of amides is 1. The van der Waals surface area contributed by atoms with Crippen LogP contribution in [0.1, 0.15) is 28.7 Å². The Balaban J connectivity index is 1.77. The Morgan fingerprint density at radius 1 is 1.07 bits per heavy atom. The van der Waals surface area contributed by atoms with Crippen molar-refractivity contribution in [3.63, 3.8) is 0 Å². The Morgan fingerprint density at radius 3 is 2.43 bits per heavy atom. The molecule has 2 aromatic carbocycles. The molecule has 0 spiro atoms. The predicted octanol–water partition coefficient (Wildman–Crippen LogP) is 5.01. The summed E-state index contributed by atoms with van der Waals surface area (Å²) in [7, 11) is 1.54. The van der Waals surface area contributed by atoms with Gasteiger partial charge in [-0.2, -0.15) is 0 Å². The van der Waals surface area contributed by atoms with Gasteiger partial charge in [0.05, 0.1) is 12.1 Å². The standard InChI is InChI=1S/C21H21ClN4O2/c1-4-14-5-7-15(8-6-14)25-21-23-13(2)11-18(26-21)20(27)24-16-9-10-19(28-3)17(22)12-16/h5-12H,4H2,1-3H3,(H,24,27)(H,23,25,26). The zero-order valence-corrected chi connectivity index (χ0v) is 16.7. The number of benzene rings is 2. The molecule has 144 valence electrons. The van der Waals surface area contributed by atoms with E-state index in [9.17, 15) is 4.79 Å². The predicted molar refractivity (Wildman–Crippen MR) is 112 cm³/mol. The van der Waals surface area contributed by atoms with Crippen LogP contribution in [0.5, 0.6) is 5.75 Å². The molecule has 3 aromatic rings. The molecule has 0 saturated carbocycles. The normalized spacial score (nSPS) is 10.4. The zero-order chi connectivity index (χ0) is 20.1. The van der Waals surface area contributed by atoms with Crippen LogP contribution in [0.4, 0.5) is 17.3 Å². The van der Waals surface area contributed by atoms with Crippen molar-refractivity contribution in [1.82, 2.24) is 9.97 Å². The fourth-order valence-corrected chi connectivity index (χ4v) is 2.89.